The minimum atomic E-state index is -0.836. The molecule has 1 heterocycles. The molecule has 0 saturated carbocycles. The van der Waals surface area contributed by atoms with Crippen molar-refractivity contribution in [3.63, 3.8) is 0 Å². The van der Waals surface area contributed by atoms with E-state index in [2.05, 4.69) is 4.74 Å². The monoisotopic (exact) mass is 300 g/mol. The Morgan fingerprint density at radius 3 is 2.57 bits per heavy atom. The lowest BCUT2D eigenvalue weighted by Crippen LogP contribution is -2.43. The van der Waals surface area contributed by atoms with Gasteiger partial charge in [-0.3, -0.25) is 9.59 Å². The number of carbonyl (C=O) groups is 3. The van der Waals surface area contributed by atoms with Crippen LogP contribution < -0.4 is 0 Å². The maximum absolute atomic E-state index is 12.3. The maximum atomic E-state index is 12.3. The van der Waals surface area contributed by atoms with Crippen molar-refractivity contribution in [1.82, 2.24) is 9.80 Å². The number of ether oxygens (including phenoxy) is 1. The summed E-state index contributed by atoms with van der Waals surface area (Å²) in [5.74, 6) is -1.21. The maximum Gasteiger partial charge on any atom is 0.319 e. The molecule has 1 aliphatic rings. The van der Waals surface area contributed by atoms with E-state index in [4.69, 9.17) is 0 Å². The van der Waals surface area contributed by atoms with Gasteiger partial charge in [-0.2, -0.15) is 0 Å². The number of hydrogen-bond donors (Lipinski definition) is 1. The number of likely N-dealkylation sites (tertiary alicyclic amines) is 1. The van der Waals surface area contributed by atoms with Crippen LogP contribution in [-0.2, 0) is 14.3 Å². The third-order valence-electron chi connectivity index (χ3n) is 4.01. The highest BCUT2D eigenvalue weighted by atomic mass is 16.5. The zero-order chi connectivity index (χ0) is 16.0. The summed E-state index contributed by atoms with van der Waals surface area (Å²) in [6.07, 6.45) is 1.95. The molecule has 0 aromatic rings. The molecule has 21 heavy (non-hydrogen) atoms. The molecule has 1 saturated heterocycles. The predicted molar refractivity (Wildman–Crippen MR) is 75.8 cm³/mol. The van der Waals surface area contributed by atoms with Gasteiger partial charge in [0.1, 0.15) is 0 Å². The Labute approximate surface area is 124 Å². The highest BCUT2D eigenvalue weighted by molar-refractivity contribution is 5.80. The number of amides is 2. The van der Waals surface area contributed by atoms with Gasteiger partial charge in [0.15, 0.2) is 0 Å². The molecule has 7 nitrogen and oxygen atoms in total. The predicted octanol–water partition coefficient (Wildman–Crippen LogP) is 1.18. The van der Waals surface area contributed by atoms with Crippen molar-refractivity contribution in [3.8, 4) is 0 Å². The van der Waals surface area contributed by atoms with E-state index < -0.39 is 11.4 Å². The van der Waals surface area contributed by atoms with E-state index in [9.17, 15) is 19.5 Å². The first-order valence-corrected chi connectivity index (χ1v) is 7.16. The minimum Gasteiger partial charge on any atom is -0.481 e. The number of nitrogens with zero attached hydrogens (tertiary/aromatic N) is 2. The first-order chi connectivity index (χ1) is 9.86. The molecule has 0 bridgehead atoms. The van der Waals surface area contributed by atoms with Crippen molar-refractivity contribution in [3.05, 3.63) is 0 Å². The molecule has 1 aliphatic heterocycles. The second kappa shape index (κ2) is 7.28. The smallest absolute Gasteiger partial charge is 0.319 e. The molecule has 120 valence electrons. The summed E-state index contributed by atoms with van der Waals surface area (Å²) in [7, 11) is 2.91. The molecular formula is C14H24N2O5. The van der Waals surface area contributed by atoms with Gasteiger partial charge >= 0.3 is 18.0 Å². The van der Waals surface area contributed by atoms with Gasteiger partial charge in [-0.15, -0.1) is 0 Å². The van der Waals surface area contributed by atoms with Crippen LogP contribution in [0.2, 0.25) is 0 Å². The van der Waals surface area contributed by atoms with E-state index in [0.29, 0.717) is 19.4 Å². The second-order valence-electron chi connectivity index (χ2n) is 5.54. The number of aliphatic carboxylic acids is 1. The molecule has 0 spiro atoms. The van der Waals surface area contributed by atoms with E-state index in [1.807, 2.05) is 6.92 Å². The van der Waals surface area contributed by atoms with E-state index in [1.165, 1.54) is 12.0 Å². The molecule has 1 rings (SSSR count). The molecule has 1 unspecified atom stereocenters. The van der Waals surface area contributed by atoms with Gasteiger partial charge in [0.25, 0.3) is 0 Å². The summed E-state index contributed by atoms with van der Waals surface area (Å²) in [6, 6.07) is -0.238. The fourth-order valence-electron chi connectivity index (χ4n) is 2.70. The lowest BCUT2D eigenvalue weighted by molar-refractivity contribution is -0.148. The third-order valence-corrected chi connectivity index (χ3v) is 4.01. The number of esters is 1. The zero-order valence-electron chi connectivity index (χ0n) is 12.9. The Bertz CT molecular complexity index is 412. The minimum absolute atomic E-state index is 0.131. The molecule has 0 radical (unpaired) electrons. The SMILES string of the molecule is CCCC1(C(=O)O)CCN(C(=O)N(C)CCC(=O)OC)C1. The Balaban J connectivity index is 2.60. The largest absolute Gasteiger partial charge is 0.481 e. The molecule has 1 N–H and O–H groups in total. The van der Waals surface area contributed by atoms with Crippen LogP contribution in [0.25, 0.3) is 0 Å². The normalized spacial score (nSPS) is 21.2. The quantitative estimate of drug-likeness (QED) is 0.744. The highest BCUT2D eigenvalue weighted by Crippen LogP contribution is 2.35. The molecular weight excluding hydrogens is 276 g/mol. The molecule has 0 aromatic heterocycles. The van der Waals surface area contributed by atoms with Crippen LogP contribution >= 0.6 is 0 Å². The first-order valence-electron chi connectivity index (χ1n) is 7.16. The Hall–Kier alpha value is -1.79. The second-order valence-corrected chi connectivity index (χ2v) is 5.54. The average Bonchev–Trinajstić information content (AvgIpc) is 2.89. The van der Waals surface area contributed by atoms with Crippen LogP contribution in [0, 0.1) is 5.41 Å². The van der Waals surface area contributed by atoms with Crippen LogP contribution in [0.1, 0.15) is 32.6 Å². The number of hydrogen-bond acceptors (Lipinski definition) is 4. The van der Waals surface area contributed by atoms with Gasteiger partial charge in [0, 0.05) is 26.7 Å². The van der Waals surface area contributed by atoms with Gasteiger partial charge in [-0.25, -0.2) is 4.79 Å². The van der Waals surface area contributed by atoms with E-state index in [-0.39, 0.29) is 31.5 Å². The molecule has 1 atom stereocenters. The number of methoxy groups -OCH3 is 1. The molecule has 7 heteroatoms. The summed E-state index contributed by atoms with van der Waals surface area (Å²) in [6.45, 7) is 2.87. The fourth-order valence-corrected chi connectivity index (χ4v) is 2.70. The van der Waals surface area contributed by atoms with E-state index in [0.717, 1.165) is 6.42 Å². The summed E-state index contributed by atoms with van der Waals surface area (Å²) in [5, 5.41) is 9.43. The summed E-state index contributed by atoms with van der Waals surface area (Å²) in [4.78, 5) is 37.8. The summed E-state index contributed by atoms with van der Waals surface area (Å²) in [5.41, 5.74) is -0.826. The third kappa shape index (κ3) is 4.09. The molecule has 1 fully saturated rings. The van der Waals surface area contributed by atoms with Crippen LogP contribution in [0.3, 0.4) is 0 Å². The van der Waals surface area contributed by atoms with Crippen LogP contribution in [0.15, 0.2) is 0 Å². The van der Waals surface area contributed by atoms with Crippen LogP contribution in [0.5, 0.6) is 0 Å². The summed E-state index contributed by atoms with van der Waals surface area (Å²) < 4.78 is 4.53. The van der Waals surface area contributed by atoms with Crippen molar-refractivity contribution in [1.29, 1.82) is 0 Å². The van der Waals surface area contributed by atoms with E-state index in [1.54, 1.807) is 11.9 Å². The number of urea groups is 1. The van der Waals surface area contributed by atoms with Gasteiger partial charge in [0.2, 0.25) is 0 Å². The average molecular weight is 300 g/mol. The Morgan fingerprint density at radius 1 is 1.38 bits per heavy atom. The van der Waals surface area contributed by atoms with Crippen molar-refractivity contribution >= 4 is 18.0 Å². The lowest BCUT2D eigenvalue weighted by Gasteiger charge is -2.27. The number of carbonyl (C=O) groups excluding carboxylic acids is 2. The van der Waals surface area contributed by atoms with Crippen molar-refractivity contribution in [2.24, 2.45) is 5.41 Å². The lowest BCUT2D eigenvalue weighted by atomic mass is 9.83. The van der Waals surface area contributed by atoms with Crippen LogP contribution in [0.4, 0.5) is 4.79 Å². The number of rotatable bonds is 6. The van der Waals surface area contributed by atoms with Gasteiger partial charge in [0.05, 0.1) is 18.9 Å². The summed E-state index contributed by atoms with van der Waals surface area (Å²) >= 11 is 0. The fraction of sp³-hybridized carbons (Fsp3) is 0.786. The molecule has 2 amide bonds. The van der Waals surface area contributed by atoms with Crippen LogP contribution in [-0.4, -0.2) is 66.7 Å². The standard InChI is InChI=1S/C14H24N2O5/c1-4-6-14(12(18)19)7-9-16(10-14)13(20)15(2)8-5-11(17)21-3/h4-10H2,1-3H3,(H,18,19). The van der Waals surface area contributed by atoms with Crippen molar-refractivity contribution < 1.29 is 24.2 Å². The molecule has 0 aliphatic carbocycles. The number of carboxylic acid groups (broad SMARTS) is 1. The highest BCUT2D eigenvalue weighted by Gasteiger charge is 2.45. The number of carboxylic acids is 1. The van der Waals surface area contributed by atoms with Gasteiger partial charge in [-0.05, 0) is 12.8 Å². The Kier molecular flexibility index (Phi) is 5.99. The zero-order valence-corrected chi connectivity index (χ0v) is 12.9. The Morgan fingerprint density at radius 2 is 2.05 bits per heavy atom. The van der Waals surface area contributed by atoms with Gasteiger partial charge < -0.3 is 19.6 Å². The van der Waals surface area contributed by atoms with Crippen molar-refractivity contribution in [2.45, 2.75) is 32.6 Å². The molecule has 0 aromatic carbocycles. The van der Waals surface area contributed by atoms with E-state index >= 15 is 0 Å². The topological polar surface area (TPSA) is 87.2 Å². The van der Waals surface area contributed by atoms with Gasteiger partial charge in [-0.1, -0.05) is 13.3 Å². The van der Waals surface area contributed by atoms with Crippen molar-refractivity contribution in [2.75, 3.05) is 33.8 Å². The first kappa shape index (κ1) is 17.3.